The number of aromatic nitrogens is 1. The van der Waals surface area contributed by atoms with Crippen LogP contribution in [-0.4, -0.2) is 16.4 Å². The lowest BCUT2D eigenvalue weighted by Gasteiger charge is -1.93. The first kappa shape index (κ1) is 9.02. The van der Waals surface area contributed by atoms with Crippen molar-refractivity contribution < 1.29 is 14.4 Å². The number of nitrogens with one attached hydrogen (secondary N) is 1. The van der Waals surface area contributed by atoms with Crippen LogP contribution in [0.3, 0.4) is 0 Å². The van der Waals surface area contributed by atoms with Crippen LogP contribution in [0.2, 0.25) is 0 Å². The van der Waals surface area contributed by atoms with Gasteiger partial charge in [-0.15, -0.1) is 0 Å². The van der Waals surface area contributed by atoms with Crippen molar-refractivity contribution in [2.45, 2.75) is 0 Å². The van der Waals surface area contributed by atoms with Crippen LogP contribution >= 0.6 is 0 Å². The summed E-state index contributed by atoms with van der Waals surface area (Å²) in [4.78, 5) is 10.4. The molecule has 0 fully saturated rings. The van der Waals surface area contributed by atoms with E-state index in [4.69, 9.17) is 14.9 Å². The van der Waals surface area contributed by atoms with Gasteiger partial charge in [0.1, 0.15) is 0 Å². The molecule has 6 nitrogen and oxygen atoms in total. The van der Waals surface area contributed by atoms with E-state index < -0.39 is 6.09 Å². The van der Waals surface area contributed by atoms with Gasteiger partial charge in [0.25, 0.3) is 0 Å². The monoisotopic (exact) mass is 203 g/mol. The van der Waals surface area contributed by atoms with Crippen molar-refractivity contribution >= 4 is 22.9 Å². The summed E-state index contributed by atoms with van der Waals surface area (Å²) in [5.74, 6) is 0.127. The number of carboxylic acid groups (broad SMARTS) is 1. The molecule has 0 saturated heterocycles. The fraction of sp³-hybridized carbons (Fsp3) is 0. The molecule has 0 bridgehead atoms. The van der Waals surface area contributed by atoms with Gasteiger partial charge in [-0.3, -0.25) is 5.32 Å². The van der Waals surface area contributed by atoms with E-state index in [9.17, 15) is 4.79 Å². The topological polar surface area (TPSA) is 99.2 Å². The molecule has 2 N–H and O–H groups in total. The van der Waals surface area contributed by atoms with E-state index >= 15 is 0 Å². The predicted octanol–water partition coefficient (Wildman–Crippen LogP) is 1.79. The molecule has 6 heteroatoms. The third-order valence-corrected chi connectivity index (χ3v) is 1.83. The van der Waals surface area contributed by atoms with Gasteiger partial charge < -0.3 is 9.63 Å². The molecule has 1 aromatic carbocycles. The Balaban J connectivity index is 2.53. The molecule has 2 rings (SSSR count). The van der Waals surface area contributed by atoms with Crippen LogP contribution in [0, 0.1) is 11.3 Å². The van der Waals surface area contributed by atoms with E-state index in [0.717, 1.165) is 0 Å². The standard InChI is InChI=1S/C9H5N3O3/c10-4-5-1-2-6-7(3-5)15-12-8(6)11-9(13)14/h1-3H,(H,11,12)(H,13,14). The number of nitrogens with zero attached hydrogens (tertiary/aromatic N) is 2. The van der Waals surface area contributed by atoms with Gasteiger partial charge in [0.15, 0.2) is 11.4 Å². The molecular weight excluding hydrogens is 198 g/mol. The molecule has 0 spiro atoms. The predicted molar refractivity (Wildman–Crippen MR) is 50.4 cm³/mol. The minimum Gasteiger partial charge on any atom is -0.465 e. The molecule has 1 heterocycles. The van der Waals surface area contributed by atoms with Gasteiger partial charge in [-0.2, -0.15) is 5.26 Å². The van der Waals surface area contributed by atoms with E-state index in [-0.39, 0.29) is 5.82 Å². The van der Waals surface area contributed by atoms with Crippen LogP contribution in [0.15, 0.2) is 22.7 Å². The third-order valence-electron chi connectivity index (χ3n) is 1.83. The summed E-state index contributed by atoms with van der Waals surface area (Å²) in [5.41, 5.74) is 0.804. The van der Waals surface area contributed by atoms with Crippen molar-refractivity contribution in [3.05, 3.63) is 23.8 Å². The second-order valence-corrected chi connectivity index (χ2v) is 2.78. The maximum Gasteiger partial charge on any atom is 0.410 e. The average Bonchev–Trinajstić information content (AvgIpc) is 2.60. The zero-order valence-electron chi connectivity index (χ0n) is 7.39. The highest BCUT2D eigenvalue weighted by molar-refractivity contribution is 5.95. The summed E-state index contributed by atoms with van der Waals surface area (Å²) in [6.07, 6.45) is -1.21. The Morgan fingerprint density at radius 1 is 1.60 bits per heavy atom. The first-order chi connectivity index (χ1) is 7.20. The molecule has 74 valence electrons. The lowest BCUT2D eigenvalue weighted by molar-refractivity contribution is 0.209. The van der Waals surface area contributed by atoms with Crippen molar-refractivity contribution in [1.29, 1.82) is 5.26 Å². The van der Waals surface area contributed by atoms with Crippen molar-refractivity contribution in [2.24, 2.45) is 0 Å². The number of amides is 1. The Kier molecular flexibility index (Phi) is 1.99. The van der Waals surface area contributed by atoms with Crippen molar-refractivity contribution in [3.63, 3.8) is 0 Å². The second kappa shape index (κ2) is 3.31. The van der Waals surface area contributed by atoms with Gasteiger partial charge in [0, 0.05) is 6.07 Å². The highest BCUT2D eigenvalue weighted by Gasteiger charge is 2.10. The molecule has 0 atom stereocenters. The molecule has 0 radical (unpaired) electrons. The van der Waals surface area contributed by atoms with E-state index in [1.807, 2.05) is 6.07 Å². The summed E-state index contributed by atoms with van der Waals surface area (Å²) in [7, 11) is 0. The maximum atomic E-state index is 10.4. The molecule has 2 aromatic rings. The molecule has 0 aliphatic rings. The molecule has 1 aromatic heterocycles. The average molecular weight is 203 g/mol. The lowest BCUT2D eigenvalue weighted by Crippen LogP contribution is -2.07. The summed E-state index contributed by atoms with van der Waals surface area (Å²) in [6.45, 7) is 0. The van der Waals surface area contributed by atoms with Gasteiger partial charge in [0.05, 0.1) is 17.0 Å². The zero-order chi connectivity index (χ0) is 10.8. The molecule has 0 saturated carbocycles. The quantitative estimate of drug-likeness (QED) is 0.735. The Labute approximate surface area is 83.7 Å². The number of anilines is 1. The number of carbonyl (C=O) groups is 1. The zero-order valence-corrected chi connectivity index (χ0v) is 7.39. The number of fused-ring (bicyclic) bond motifs is 1. The molecule has 1 amide bonds. The van der Waals surface area contributed by atoms with E-state index in [0.29, 0.717) is 16.5 Å². The van der Waals surface area contributed by atoms with Crippen molar-refractivity contribution in [1.82, 2.24) is 5.16 Å². The second-order valence-electron chi connectivity index (χ2n) is 2.78. The number of hydrogen-bond acceptors (Lipinski definition) is 4. The SMILES string of the molecule is N#Cc1ccc2c(NC(=O)O)noc2c1. The van der Waals surface area contributed by atoms with Crippen LogP contribution in [0.1, 0.15) is 5.56 Å². The fourth-order valence-corrected chi connectivity index (χ4v) is 1.20. The number of hydrogen-bond donors (Lipinski definition) is 2. The normalized spacial score (nSPS) is 9.80. The van der Waals surface area contributed by atoms with Gasteiger partial charge in [-0.05, 0) is 12.1 Å². The summed E-state index contributed by atoms with van der Waals surface area (Å²) in [5, 5.41) is 23.3. The highest BCUT2D eigenvalue weighted by Crippen LogP contribution is 2.23. The minimum atomic E-state index is -1.21. The number of benzene rings is 1. The van der Waals surface area contributed by atoms with Crippen LogP contribution in [0.5, 0.6) is 0 Å². The van der Waals surface area contributed by atoms with Gasteiger partial charge in [0.2, 0.25) is 0 Å². The van der Waals surface area contributed by atoms with E-state index in [1.54, 1.807) is 12.1 Å². The first-order valence-corrected chi connectivity index (χ1v) is 4.00. The Hall–Kier alpha value is -2.55. The molecule has 15 heavy (non-hydrogen) atoms. The summed E-state index contributed by atoms with van der Waals surface area (Å²) >= 11 is 0. The van der Waals surface area contributed by atoms with Gasteiger partial charge >= 0.3 is 6.09 Å². The Morgan fingerprint density at radius 3 is 3.07 bits per heavy atom. The maximum absolute atomic E-state index is 10.4. The minimum absolute atomic E-state index is 0.127. The third kappa shape index (κ3) is 1.58. The fourth-order valence-electron chi connectivity index (χ4n) is 1.20. The smallest absolute Gasteiger partial charge is 0.410 e. The van der Waals surface area contributed by atoms with Crippen molar-refractivity contribution in [2.75, 3.05) is 5.32 Å². The molecule has 0 unspecified atom stereocenters. The van der Waals surface area contributed by atoms with Crippen LogP contribution in [-0.2, 0) is 0 Å². The Bertz CT molecular complexity index is 567. The molecule has 0 aliphatic heterocycles. The highest BCUT2D eigenvalue weighted by atomic mass is 16.5. The van der Waals surface area contributed by atoms with Crippen LogP contribution in [0.4, 0.5) is 10.6 Å². The lowest BCUT2D eigenvalue weighted by atomic mass is 10.2. The van der Waals surface area contributed by atoms with Crippen molar-refractivity contribution in [3.8, 4) is 6.07 Å². The van der Waals surface area contributed by atoms with Crippen LogP contribution < -0.4 is 5.32 Å². The van der Waals surface area contributed by atoms with E-state index in [1.165, 1.54) is 6.07 Å². The van der Waals surface area contributed by atoms with Crippen LogP contribution in [0.25, 0.3) is 11.0 Å². The largest absolute Gasteiger partial charge is 0.465 e. The summed E-state index contributed by atoms with van der Waals surface area (Å²) in [6, 6.07) is 6.58. The number of rotatable bonds is 1. The summed E-state index contributed by atoms with van der Waals surface area (Å²) < 4.78 is 4.87. The first-order valence-electron chi connectivity index (χ1n) is 4.00. The number of nitriles is 1. The van der Waals surface area contributed by atoms with Gasteiger partial charge in [-0.25, -0.2) is 4.79 Å². The van der Waals surface area contributed by atoms with Gasteiger partial charge in [-0.1, -0.05) is 5.16 Å². The Morgan fingerprint density at radius 2 is 2.40 bits per heavy atom. The van der Waals surface area contributed by atoms with E-state index in [2.05, 4.69) is 10.5 Å². The molecular formula is C9H5N3O3. The molecule has 0 aliphatic carbocycles.